The van der Waals surface area contributed by atoms with Crippen LogP contribution < -0.4 is 10.7 Å². The standard InChI is InChI=1S/C24H28Cl2N4O3/c25-20-10-9-19(21(26)16-20)17-28-29-24(32)22(30-12-14-33-15-13-30)8-4-5-11-27-23(31)18-6-2-1-3-7-18/h1-3,6-7,9-10,16-17,22H,4-5,8,11-15H2,(H,27,31)(H,29,32). The summed E-state index contributed by atoms with van der Waals surface area (Å²) >= 11 is 12.1. The van der Waals surface area contributed by atoms with E-state index >= 15 is 0 Å². The van der Waals surface area contributed by atoms with Gasteiger partial charge in [-0.05, 0) is 43.5 Å². The highest BCUT2D eigenvalue weighted by Crippen LogP contribution is 2.19. The number of carbonyl (C=O) groups excluding carboxylic acids is 2. The third kappa shape index (κ3) is 8.12. The molecule has 9 heteroatoms. The quantitative estimate of drug-likeness (QED) is 0.301. The van der Waals surface area contributed by atoms with Gasteiger partial charge in [-0.25, -0.2) is 5.43 Å². The van der Waals surface area contributed by atoms with Gasteiger partial charge >= 0.3 is 0 Å². The van der Waals surface area contributed by atoms with Crippen molar-refractivity contribution in [2.45, 2.75) is 25.3 Å². The Bertz CT molecular complexity index is 950. The minimum Gasteiger partial charge on any atom is -0.379 e. The van der Waals surface area contributed by atoms with E-state index in [0.717, 1.165) is 12.8 Å². The molecule has 7 nitrogen and oxygen atoms in total. The average molecular weight is 491 g/mol. The first-order valence-corrected chi connectivity index (χ1v) is 11.7. The van der Waals surface area contributed by atoms with Crippen LogP contribution in [0.3, 0.4) is 0 Å². The molecule has 0 aromatic heterocycles. The summed E-state index contributed by atoms with van der Waals surface area (Å²) in [6, 6.07) is 13.9. The summed E-state index contributed by atoms with van der Waals surface area (Å²) in [5.41, 5.74) is 3.94. The van der Waals surface area contributed by atoms with E-state index < -0.39 is 0 Å². The lowest BCUT2D eigenvalue weighted by Crippen LogP contribution is -2.50. The van der Waals surface area contributed by atoms with Crippen molar-refractivity contribution in [2.75, 3.05) is 32.8 Å². The van der Waals surface area contributed by atoms with Crippen LogP contribution in [0.15, 0.2) is 53.6 Å². The molecule has 1 fully saturated rings. The van der Waals surface area contributed by atoms with Gasteiger partial charge in [0, 0.05) is 35.8 Å². The third-order valence-electron chi connectivity index (χ3n) is 5.36. The number of benzene rings is 2. The van der Waals surface area contributed by atoms with Crippen molar-refractivity contribution in [3.05, 3.63) is 69.7 Å². The number of amides is 2. The lowest BCUT2D eigenvalue weighted by molar-refractivity contribution is -0.128. The first-order valence-electron chi connectivity index (χ1n) is 11.0. The Balaban J connectivity index is 1.49. The Morgan fingerprint density at radius 2 is 1.85 bits per heavy atom. The molecule has 2 amide bonds. The van der Waals surface area contributed by atoms with Gasteiger partial charge in [0.05, 0.1) is 30.5 Å². The second-order valence-electron chi connectivity index (χ2n) is 7.68. The summed E-state index contributed by atoms with van der Waals surface area (Å²) in [5.74, 6) is -0.264. The molecule has 0 radical (unpaired) electrons. The monoisotopic (exact) mass is 490 g/mol. The van der Waals surface area contributed by atoms with Crippen molar-refractivity contribution in [3.8, 4) is 0 Å². The average Bonchev–Trinajstić information content (AvgIpc) is 2.83. The largest absolute Gasteiger partial charge is 0.379 e. The SMILES string of the molecule is O=C(NCCCCC(C(=O)NN=Cc1ccc(Cl)cc1Cl)N1CCOCC1)c1ccccc1. The third-order valence-corrected chi connectivity index (χ3v) is 5.92. The summed E-state index contributed by atoms with van der Waals surface area (Å²) < 4.78 is 5.43. The Morgan fingerprint density at radius 3 is 2.58 bits per heavy atom. The van der Waals surface area contributed by atoms with E-state index in [1.165, 1.54) is 6.21 Å². The number of morpholine rings is 1. The van der Waals surface area contributed by atoms with Crippen LogP contribution >= 0.6 is 23.2 Å². The zero-order chi connectivity index (χ0) is 23.5. The van der Waals surface area contributed by atoms with Gasteiger partial charge < -0.3 is 10.1 Å². The Morgan fingerprint density at radius 1 is 1.09 bits per heavy atom. The van der Waals surface area contributed by atoms with Crippen LogP contribution in [0, 0.1) is 0 Å². The van der Waals surface area contributed by atoms with E-state index in [4.69, 9.17) is 27.9 Å². The van der Waals surface area contributed by atoms with Crippen LogP contribution in [-0.2, 0) is 9.53 Å². The first kappa shape index (κ1) is 25.2. The predicted molar refractivity (Wildman–Crippen MR) is 131 cm³/mol. The number of hydrazone groups is 1. The van der Waals surface area contributed by atoms with Crippen molar-refractivity contribution in [3.63, 3.8) is 0 Å². The Kier molecular flexibility index (Phi) is 10.2. The second-order valence-corrected chi connectivity index (χ2v) is 8.53. The van der Waals surface area contributed by atoms with Crippen LogP contribution in [0.5, 0.6) is 0 Å². The maximum absolute atomic E-state index is 12.9. The molecule has 1 saturated heterocycles. The van der Waals surface area contributed by atoms with Crippen LogP contribution in [0.25, 0.3) is 0 Å². The Labute approximate surface area is 204 Å². The fourth-order valence-electron chi connectivity index (χ4n) is 3.57. The van der Waals surface area contributed by atoms with E-state index in [0.29, 0.717) is 60.4 Å². The van der Waals surface area contributed by atoms with E-state index in [-0.39, 0.29) is 17.9 Å². The van der Waals surface area contributed by atoms with Gasteiger partial charge in [-0.15, -0.1) is 0 Å². The van der Waals surface area contributed by atoms with Crippen molar-refractivity contribution in [1.29, 1.82) is 0 Å². The van der Waals surface area contributed by atoms with E-state index in [9.17, 15) is 9.59 Å². The molecule has 3 rings (SSSR count). The molecule has 0 saturated carbocycles. The van der Waals surface area contributed by atoms with Gasteiger partial charge in [0.25, 0.3) is 11.8 Å². The Hall–Kier alpha value is -2.45. The molecule has 33 heavy (non-hydrogen) atoms. The first-order chi connectivity index (χ1) is 16.0. The maximum atomic E-state index is 12.9. The predicted octanol–water partition coefficient (Wildman–Crippen LogP) is 3.74. The van der Waals surface area contributed by atoms with Gasteiger partial charge in [-0.1, -0.05) is 47.5 Å². The number of halogens is 2. The molecule has 1 aliphatic rings. The topological polar surface area (TPSA) is 83.0 Å². The number of nitrogens with one attached hydrogen (secondary N) is 2. The number of hydrogen-bond acceptors (Lipinski definition) is 5. The van der Waals surface area contributed by atoms with E-state index in [1.54, 1.807) is 30.3 Å². The molecule has 2 N–H and O–H groups in total. The fraction of sp³-hybridized carbons (Fsp3) is 0.375. The molecule has 0 spiro atoms. The second kappa shape index (κ2) is 13.3. The van der Waals surface area contributed by atoms with Crippen molar-refractivity contribution < 1.29 is 14.3 Å². The van der Waals surface area contributed by atoms with Gasteiger partial charge in [0.1, 0.15) is 0 Å². The van der Waals surface area contributed by atoms with Crippen molar-refractivity contribution in [1.82, 2.24) is 15.6 Å². The molecule has 176 valence electrons. The molecular formula is C24H28Cl2N4O3. The normalized spacial score (nSPS) is 15.3. The summed E-state index contributed by atoms with van der Waals surface area (Å²) in [5, 5.41) is 8.00. The number of hydrogen-bond donors (Lipinski definition) is 2. The minimum absolute atomic E-state index is 0.0896. The number of rotatable bonds is 10. The summed E-state index contributed by atoms with van der Waals surface area (Å²) in [7, 11) is 0. The van der Waals surface area contributed by atoms with Gasteiger partial charge in [0.2, 0.25) is 0 Å². The van der Waals surface area contributed by atoms with Crippen LogP contribution in [-0.4, -0.2) is 61.8 Å². The highest BCUT2D eigenvalue weighted by atomic mass is 35.5. The fourth-order valence-corrected chi connectivity index (χ4v) is 4.03. The summed E-state index contributed by atoms with van der Waals surface area (Å²) in [6.45, 7) is 3.13. The lowest BCUT2D eigenvalue weighted by Gasteiger charge is -2.33. The molecule has 0 aliphatic carbocycles. The van der Waals surface area contributed by atoms with E-state index in [2.05, 4.69) is 20.7 Å². The maximum Gasteiger partial charge on any atom is 0.257 e. The highest BCUT2D eigenvalue weighted by molar-refractivity contribution is 6.36. The number of unbranched alkanes of at least 4 members (excludes halogenated alkanes) is 1. The molecule has 1 atom stereocenters. The number of carbonyl (C=O) groups is 2. The number of ether oxygens (including phenoxy) is 1. The molecule has 2 aromatic rings. The van der Waals surface area contributed by atoms with Crippen molar-refractivity contribution >= 4 is 41.2 Å². The van der Waals surface area contributed by atoms with Crippen LogP contribution in [0.2, 0.25) is 10.0 Å². The molecule has 1 aliphatic heterocycles. The zero-order valence-corrected chi connectivity index (χ0v) is 19.8. The molecule has 1 heterocycles. The molecule has 1 unspecified atom stereocenters. The molecule has 2 aromatic carbocycles. The summed E-state index contributed by atoms with van der Waals surface area (Å²) in [6.07, 6.45) is 3.73. The van der Waals surface area contributed by atoms with Gasteiger partial charge in [-0.3, -0.25) is 14.5 Å². The molecular weight excluding hydrogens is 463 g/mol. The van der Waals surface area contributed by atoms with Crippen molar-refractivity contribution in [2.24, 2.45) is 5.10 Å². The van der Waals surface area contributed by atoms with Gasteiger partial charge in [-0.2, -0.15) is 5.10 Å². The highest BCUT2D eigenvalue weighted by Gasteiger charge is 2.26. The smallest absolute Gasteiger partial charge is 0.257 e. The molecule has 0 bridgehead atoms. The van der Waals surface area contributed by atoms with Crippen LogP contribution in [0.4, 0.5) is 0 Å². The summed E-state index contributed by atoms with van der Waals surface area (Å²) in [4.78, 5) is 27.2. The zero-order valence-electron chi connectivity index (χ0n) is 18.3. The minimum atomic E-state index is -0.323. The van der Waals surface area contributed by atoms with Gasteiger partial charge in [0.15, 0.2) is 0 Å². The number of nitrogens with zero attached hydrogens (tertiary/aromatic N) is 2. The van der Waals surface area contributed by atoms with E-state index in [1.807, 2.05) is 18.2 Å². The van der Waals surface area contributed by atoms with Crippen LogP contribution in [0.1, 0.15) is 35.2 Å². The lowest BCUT2D eigenvalue weighted by atomic mass is 10.1.